The van der Waals surface area contributed by atoms with Gasteiger partial charge < -0.3 is 0 Å². The molecule has 1 aromatic carbocycles. The Balaban J connectivity index is 0.00000160. The van der Waals surface area contributed by atoms with Crippen LogP contribution in [0.1, 0.15) is 48.1 Å². The van der Waals surface area contributed by atoms with E-state index in [0.29, 0.717) is 9.54 Å². The van der Waals surface area contributed by atoms with E-state index < -0.39 is 20.4 Å². The number of benzene rings is 1. The summed E-state index contributed by atoms with van der Waals surface area (Å²) in [6.45, 7) is 14.7. The Morgan fingerprint density at radius 3 is 2.13 bits per heavy atom. The Morgan fingerprint density at radius 2 is 1.57 bits per heavy atom. The van der Waals surface area contributed by atoms with Crippen molar-refractivity contribution < 1.29 is 20.4 Å². The third-order valence-electron chi connectivity index (χ3n) is 6.64. The van der Waals surface area contributed by atoms with Crippen LogP contribution in [0.4, 0.5) is 0 Å². The van der Waals surface area contributed by atoms with Gasteiger partial charge in [0.25, 0.3) is 0 Å². The molecule has 0 N–H and O–H groups in total. The number of hydrogen-bond acceptors (Lipinski definition) is 1. The molecular formula is C25H31Cl2NSiZr. The molecule has 2 aliphatic rings. The fourth-order valence-electron chi connectivity index (χ4n) is 4.89. The first-order valence-electron chi connectivity index (χ1n) is 10.2. The fourth-order valence-corrected chi connectivity index (χ4v) is 24.6. The van der Waals surface area contributed by atoms with Crippen molar-refractivity contribution in [2.75, 3.05) is 0 Å². The van der Waals surface area contributed by atoms with Crippen LogP contribution in [0.25, 0.3) is 5.57 Å². The van der Waals surface area contributed by atoms with E-state index in [-0.39, 0.29) is 30.2 Å². The molecule has 2 unspecified atom stereocenters. The molecule has 0 bridgehead atoms. The van der Waals surface area contributed by atoms with Crippen molar-refractivity contribution in [1.29, 1.82) is 0 Å². The zero-order valence-electron chi connectivity index (χ0n) is 18.6. The molecule has 0 spiro atoms. The molecule has 0 saturated heterocycles. The van der Waals surface area contributed by atoms with Crippen LogP contribution >= 0.6 is 24.8 Å². The summed E-state index contributed by atoms with van der Waals surface area (Å²) in [5, 5.41) is 0. The van der Waals surface area contributed by atoms with Crippen molar-refractivity contribution in [2.45, 2.75) is 44.4 Å². The van der Waals surface area contributed by atoms with Gasteiger partial charge in [0.15, 0.2) is 0 Å². The van der Waals surface area contributed by atoms with Gasteiger partial charge in [-0.15, -0.1) is 24.8 Å². The summed E-state index contributed by atoms with van der Waals surface area (Å²) in [6.07, 6.45) is 4.53. The fraction of sp³-hybridized carbons (Fsp3) is 0.320. The van der Waals surface area contributed by atoms with Gasteiger partial charge in [-0.25, -0.2) is 0 Å². The molecule has 0 amide bonds. The second-order valence-corrected chi connectivity index (χ2v) is 25.8. The molecular weight excluding hydrogens is 504 g/mol. The molecule has 2 aliphatic carbocycles. The van der Waals surface area contributed by atoms with E-state index in [1.165, 1.54) is 11.1 Å². The number of halogens is 2. The molecule has 2 atom stereocenters. The van der Waals surface area contributed by atoms with Crippen molar-refractivity contribution in [3.8, 4) is 0 Å². The number of pyridine rings is 1. The zero-order valence-corrected chi connectivity index (χ0v) is 23.7. The average Bonchev–Trinajstić information content (AvgIpc) is 3.17. The van der Waals surface area contributed by atoms with Gasteiger partial charge in [0.2, 0.25) is 0 Å². The van der Waals surface area contributed by atoms with Gasteiger partial charge in [0.05, 0.1) is 0 Å². The van der Waals surface area contributed by atoms with Gasteiger partial charge in [-0.1, -0.05) is 0 Å². The SMILES string of the molecule is CC1=C(C)C(C)[C]([Zr]([CH]2C=C(c3ccccn3)c3ccccc32)=[Si](C)C)=C1C.Cl.Cl. The Morgan fingerprint density at radius 1 is 0.900 bits per heavy atom. The Kier molecular flexibility index (Phi) is 8.73. The maximum atomic E-state index is 4.69. The smallest absolute Gasteiger partial charge is 0.147 e. The molecule has 0 radical (unpaired) electrons. The van der Waals surface area contributed by atoms with Gasteiger partial charge in [0.1, 0.15) is 0 Å². The minimum atomic E-state index is -1.91. The number of fused-ring (bicyclic) bond motifs is 1. The standard InChI is InChI=1S/C14H10N.C9H13.C2H6Si.2ClH.Zr/c1-2-6-12-11(5-1)8-9-13(12)14-7-3-4-10-15-14;1-6-5-7(2)9(4)8(6)3;1-3-2;;;/h1-10H;6H,1-4H3;1-2H3;2*1H;. The second kappa shape index (κ2) is 10.3. The molecule has 5 heteroatoms. The molecule has 1 nitrogen and oxygen atoms in total. The first-order valence-corrected chi connectivity index (χ1v) is 19.0. The van der Waals surface area contributed by atoms with Crippen LogP contribution in [0.5, 0.6) is 0 Å². The summed E-state index contributed by atoms with van der Waals surface area (Å²) in [6, 6.07) is 15.4. The molecule has 2 aromatic rings. The van der Waals surface area contributed by atoms with E-state index in [4.69, 9.17) is 4.98 Å². The first-order chi connectivity index (χ1) is 13.4. The van der Waals surface area contributed by atoms with Gasteiger partial charge >= 0.3 is 178 Å². The van der Waals surface area contributed by atoms with Gasteiger partial charge in [-0.3, -0.25) is 0 Å². The third-order valence-corrected chi connectivity index (χ3v) is 25.2. The molecule has 4 rings (SSSR count). The maximum Gasteiger partial charge on any atom is -0.147 e. The summed E-state index contributed by atoms with van der Waals surface area (Å²) in [5.74, 6) is 0.647. The van der Waals surface area contributed by atoms with Crippen LogP contribution in [0, 0.1) is 5.92 Å². The predicted octanol–water partition coefficient (Wildman–Crippen LogP) is 7.54. The van der Waals surface area contributed by atoms with Crippen LogP contribution in [0.3, 0.4) is 0 Å². The summed E-state index contributed by atoms with van der Waals surface area (Å²) >= 11 is -1.91. The summed E-state index contributed by atoms with van der Waals surface area (Å²) in [5.41, 5.74) is 9.90. The molecule has 1 aromatic heterocycles. The quantitative estimate of drug-likeness (QED) is 0.370. The third kappa shape index (κ3) is 4.29. The molecule has 158 valence electrons. The van der Waals surface area contributed by atoms with Gasteiger partial charge in [0, 0.05) is 0 Å². The summed E-state index contributed by atoms with van der Waals surface area (Å²) in [4.78, 5) is 4.69. The van der Waals surface area contributed by atoms with Crippen LogP contribution in [-0.2, 0) is 20.4 Å². The normalized spacial score (nSPS) is 19.7. The van der Waals surface area contributed by atoms with Crippen molar-refractivity contribution in [2.24, 2.45) is 5.92 Å². The largest absolute Gasteiger partial charge is 0.147 e. The van der Waals surface area contributed by atoms with E-state index in [0.717, 1.165) is 5.69 Å². The summed E-state index contributed by atoms with van der Waals surface area (Å²) in [7, 11) is 0. The van der Waals surface area contributed by atoms with Crippen LogP contribution in [0.2, 0.25) is 13.1 Å². The van der Waals surface area contributed by atoms with Crippen LogP contribution in [-0.4, -0.2) is 10.4 Å². The molecule has 0 saturated carbocycles. The van der Waals surface area contributed by atoms with Crippen LogP contribution in [0.15, 0.2) is 74.7 Å². The predicted molar refractivity (Wildman–Crippen MR) is 133 cm³/mol. The monoisotopic (exact) mass is 533 g/mol. The second-order valence-electron chi connectivity index (χ2n) is 8.34. The van der Waals surface area contributed by atoms with Crippen LogP contribution < -0.4 is 0 Å². The molecule has 1 heterocycles. The topological polar surface area (TPSA) is 12.9 Å². The van der Waals surface area contributed by atoms with Gasteiger partial charge in [-0.05, 0) is 0 Å². The molecule has 0 aliphatic heterocycles. The number of aromatic nitrogens is 1. The summed E-state index contributed by atoms with van der Waals surface area (Å²) < 4.78 is 2.53. The Labute approximate surface area is 201 Å². The maximum absolute atomic E-state index is 4.69. The van der Waals surface area contributed by atoms with Crippen molar-refractivity contribution in [3.05, 3.63) is 91.6 Å². The minimum absolute atomic E-state index is 0. The Hall–Kier alpha value is -0.730. The van der Waals surface area contributed by atoms with E-state index in [2.05, 4.69) is 83.3 Å². The number of hydrogen-bond donors (Lipinski definition) is 0. The zero-order chi connectivity index (χ0) is 20.0. The van der Waals surface area contributed by atoms with Crippen molar-refractivity contribution in [3.63, 3.8) is 0 Å². The first kappa shape index (κ1) is 25.5. The van der Waals surface area contributed by atoms with E-state index >= 15 is 0 Å². The average molecular weight is 536 g/mol. The molecule has 30 heavy (non-hydrogen) atoms. The number of allylic oxidation sites excluding steroid dienone is 5. The van der Waals surface area contributed by atoms with E-state index in [1.54, 1.807) is 22.3 Å². The van der Waals surface area contributed by atoms with Gasteiger partial charge in [-0.2, -0.15) is 0 Å². The van der Waals surface area contributed by atoms with Crippen molar-refractivity contribution >= 4 is 35.8 Å². The van der Waals surface area contributed by atoms with E-state index in [9.17, 15) is 0 Å². The minimum Gasteiger partial charge on any atom is -0.147 e. The molecule has 0 fully saturated rings. The number of nitrogens with zero attached hydrogens (tertiary/aromatic N) is 1. The number of rotatable bonds is 3. The van der Waals surface area contributed by atoms with Crippen molar-refractivity contribution in [1.82, 2.24) is 4.98 Å². The van der Waals surface area contributed by atoms with E-state index in [1.807, 2.05) is 15.5 Å². The Bertz CT molecular complexity index is 1080.